The molecule has 1 aromatic rings. The fourth-order valence-corrected chi connectivity index (χ4v) is 2.55. The van der Waals surface area contributed by atoms with Crippen molar-refractivity contribution in [1.82, 2.24) is 15.1 Å². The van der Waals surface area contributed by atoms with Crippen LogP contribution in [0, 0.1) is 6.92 Å². The third-order valence-corrected chi connectivity index (χ3v) is 3.70. The summed E-state index contributed by atoms with van der Waals surface area (Å²) in [7, 11) is 2.03. The molecule has 0 aromatic carbocycles. The number of aryl methyl sites for hydroxylation is 1. The van der Waals surface area contributed by atoms with Gasteiger partial charge in [-0.3, -0.25) is 0 Å². The van der Waals surface area contributed by atoms with Crippen molar-refractivity contribution in [2.45, 2.75) is 26.4 Å². The largest absolute Gasteiger partial charge is 0.478 e. The molecule has 2 heterocycles. The number of rotatable bonds is 3. The first kappa shape index (κ1) is 15.4. The Hall–Kier alpha value is -2.02. The molecule has 0 spiro atoms. The number of aromatic carboxylic acids is 1. The Morgan fingerprint density at radius 2 is 2.19 bits per heavy atom. The topological polar surface area (TPSA) is 86.0 Å². The summed E-state index contributed by atoms with van der Waals surface area (Å²) < 4.78 is 5.34. The first-order chi connectivity index (χ1) is 9.88. The van der Waals surface area contributed by atoms with Gasteiger partial charge in [0.15, 0.2) is 0 Å². The van der Waals surface area contributed by atoms with E-state index in [4.69, 9.17) is 9.52 Å². The molecule has 1 aliphatic rings. The lowest BCUT2D eigenvalue weighted by Gasteiger charge is -2.38. The second-order valence-electron chi connectivity index (χ2n) is 5.45. The molecule has 1 fully saturated rings. The molecule has 0 aliphatic carbocycles. The lowest BCUT2D eigenvalue weighted by molar-refractivity contribution is 0.0695. The third-order valence-electron chi connectivity index (χ3n) is 3.70. The molecule has 1 atom stereocenters. The molecular formula is C14H21N3O4. The smallest absolute Gasteiger partial charge is 0.339 e. The minimum absolute atomic E-state index is 0.132. The molecule has 0 bridgehead atoms. The van der Waals surface area contributed by atoms with E-state index in [1.165, 1.54) is 6.07 Å². The number of urea groups is 1. The van der Waals surface area contributed by atoms with Gasteiger partial charge >= 0.3 is 12.0 Å². The molecule has 21 heavy (non-hydrogen) atoms. The molecule has 2 amide bonds. The molecule has 0 saturated carbocycles. The SMILES string of the molecule is Cc1oc(CNC(=O)N2CCN(C)CC2C)cc1C(=O)O. The molecule has 0 radical (unpaired) electrons. The average molecular weight is 295 g/mol. The number of nitrogens with zero attached hydrogens (tertiary/aromatic N) is 2. The molecule has 2 rings (SSSR count). The van der Waals surface area contributed by atoms with Gasteiger partial charge in [-0.15, -0.1) is 0 Å². The number of nitrogens with one attached hydrogen (secondary N) is 1. The van der Waals surface area contributed by atoms with Crippen molar-refractivity contribution < 1.29 is 19.1 Å². The van der Waals surface area contributed by atoms with Gasteiger partial charge in [-0.2, -0.15) is 0 Å². The van der Waals surface area contributed by atoms with Crippen LogP contribution in [-0.2, 0) is 6.54 Å². The number of furan rings is 1. The summed E-state index contributed by atoms with van der Waals surface area (Å²) >= 11 is 0. The van der Waals surface area contributed by atoms with Gasteiger partial charge in [0, 0.05) is 25.7 Å². The molecule has 1 aromatic heterocycles. The van der Waals surface area contributed by atoms with Crippen LogP contribution in [0.3, 0.4) is 0 Å². The van der Waals surface area contributed by atoms with Crippen molar-refractivity contribution in [2.24, 2.45) is 0 Å². The summed E-state index contributed by atoms with van der Waals surface area (Å²) in [5, 5.41) is 11.7. The zero-order chi connectivity index (χ0) is 15.6. The summed E-state index contributed by atoms with van der Waals surface area (Å²) in [5.41, 5.74) is 0.132. The molecule has 1 saturated heterocycles. The van der Waals surface area contributed by atoms with E-state index in [2.05, 4.69) is 10.2 Å². The minimum atomic E-state index is -1.03. The number of amides is 2. The second-order valence-corrected chi connectivity index (χ2v) is 5.45. The maximum Gasteiger partial charge on any atom is 0.339 e. The number of hydrogen-bond donors (Lipinski definition) is 2. The maximum atomic E-state index is 12.2. The van der Waals surface area contributed by atoms with Crippen LogP contribution >= 0.6 is 0 Å². The van der Waals surface area contributed by atoms with Crippen LogP contribution in [0.2, 0.25) is 0 Å². The number of carboxylic acids is 1. The highest BCUT2D eigenvalue weighted by molar-refractivity contribution is 5.88. The third kappa shape index (κ3) is 3.55. The van der Waals surface area contributed by atoms with Crippen molar-refractivity contribution in [1.29, 1.82) is 0 Å². The highest BCUT2D eigenvalue weighted by Crippen LogP contribution is 2.15. The highest BCUT2D eigenvalue weighted by Gasteiger charge is 2.25. The van der Waals surface area contributed by atoms with E-state index < -0.39 is 5.97 Å². The Labute approximate surface area is 123 Å². The minimum Gasteiger partial charge on any atom is -0.478 e. The van der Waals surface area contributed by atoms with Gasteiger partial charge in [0.25, 0.3) is 0 Å². The zero-order valence-electron chi connectivity index (χ0n) is 12.5. The van der Waals surface area contributed by atoms with Gasteiger partial charge in [-0.05, 0) is 27.0 Å². The van der Waals surface area contributed by atoms with Crippen molar-refractivity contribution in [2.75, 3.05) is 26.7 Å². The van der Waals surface area contributed by atoms with Gasteiger partial charge in [-0.1, -0.05) is 0 Å². The number of carboxylic acid groups (broad SMARTS) is 1. The molecule has 1 aliphatic heterocycles. The quantitative estimate of drug-likeness (QED) is 0.873. The highest BCUT2D eigenvalue weighted by atomic mass is 16.4. The second kappa shape index (κ2) is 6.17. The van der Waals surface area contributed by atoms with E-state index in [9.17, 15) is 9.59 Å². The summed E-state index contributed by atoms with van der Waals surface area (Å²) in [5.74, 6) is -0.235. The Bertz CT molecular complexity index is 540. The lowest BCUT2D eigenvalue weighted by Crippen LogP contribution is -2.55. The number of piperazine rings is 1. The van der Waals surface area contributed by atoms with Crippen molar-refractivity contribution >= 4 is 12.0 Å². The van der Waals surface area contributed by atoms with Gasteiger partial charge < -0.3 is 24.6 Å². The molecule has 7 heteroatoms. The van der Waals surface area contributed by atoms with Crippen molar-refractivity contribution in [3.63, 3.8) is 0 Å². The average Bonchev–Trinajstić information content (AvgIpc) is 2.77. The lowest BCUT2D eigenvalue weighted by atomic mass is 10.2. The first-order valence-electron chi connectivity index (χ1n) is 6.94. The molecule has 7 nitrogen and oxygen atoms in total. The zero-order valence-corrected chi connectivity index (χ0v) is 12.5. The van der Waals surface area contributed by atoms with Gasteiger partial charge in [0.2, 0.25) is 0 Å². The molecule has 116 valence electrons. The van der Waals surface area contributed by atoms with Crippen LogP contribution in [0.25, 0.3) is 0 Å². The van der Waals surface area contributed by atoms with Gasteiger partial charge in [0.1, 0.15) is 17.1 Å². The van der Waals surface area contributed by atoms with E-state index >= 15 is 0 Å². The van der Waals surface area contributed by atoms with Crippen LogP contribution in [0.1, 0.15) is 28.8 Å². The fourth-order valence-electron chi connectivity index (χ4n) is 2.55. The molecular weight excluding hydrogens is 274 g/mol. The van der Waals surface area contributed by atoms with E-state index in [1.807, 2.05) is 14.0 Å². The van der Waals surface area contributed by atoms with Crippen LogP contribution in [0.5, 0.6) is 0 Å². The van der Waals surface area contributed by atoms with Gasteiger partial charge in [-0.25, -0.2) is 9.59 Å². The summed E-state index contributed by atoms with van der Waals surface area (Å²) in [6.45, 7) is 6.16. The van der Waals surface area contributed by atoms with Crippen molar-refractivity contribution in [3.05, 3.63) is 23.2 Å². The Kier molecular flexibility index (Phi) is 4.52. The number of carbonyl (C=O) groups excluding carboxylic acids is 1. The predicted molar refractivity (Wildman–Crippen MR) is 76.3 cm³/mol. The number of carbonyl (C=O) groups is 2. The number of likely N-dealkylation sites (N-methyl/N-ethyl adjacent to an activating group) is 1. The van der Waals surface area contributed by atoms with Crippen LogP contribution in [0.4, 0.5) is 4.79 Å². The monoisotopic (exact) mass is 295 g/mol. The Balaban J connectivity index is 1.92. The fraction of sp³-hybridized carbons (Fsp3) is 0.571. The van der Waals surface area contributed by atoms with Crippen molar-refractivity contribution in [3.8, 4) is 0 Å². The van der Waals surface area contributed by atoms with E-state index in [0.717, 1.165) is 13.1 Å². The summed E-state index contributed by atoms with van der Waals surface area (Å²) in [6.07, 6.45) is 0. The maximum absolute atomic E-state index is 12.2. The van der Waals surface area contributed by atoms with Crippen LogP contribution in [0.15, 0.2) is 10.5 Å². The number of hydrogen-bond acceptors (Lipinski definition) is 4. The first-order valence-corrected chi connectivity index (χ1v) is 6.94. The van der Waals surface area contributed by atoms with E-state index in [0.29, 0.717) is 18.1 Å². The Morgan fingerprint density at radius 3 is 2.76 bits per heavy atom. The summed E-state index contributed by atoms with van der Waals surface area (Å²) in [6, 6.07) is 1.45. The molecule has 1 unspecified atom stereocenters. The standard InChI is InChI=1S/C14H21N3O4/c1-9-8-16(3)4-5-17(9)14(20)15-7-11-6-12(13(18)19)10(2)21-11/h6,9H,4-5,7-8H2,1-3H3,(H,15,20)(H,18,19). The summed E-state index contributed by atoms with van der Waals surface area (Å²) in [4.78, 5) is 27.1. The predicted octanol–water partition coefficient (Wildman–Crippen LogP) is 1.13. The van der Waals surface area contributed by atoms with E-state index in [1.54, 1.807) is 11.8 Å². The Morgan fingerprint density at radius 1 is 1.48 bits per heavy atom. The van der Waals surface area contributed by atoms with Crippen LogP contribution < -0.4 is 5.32 Å². The molecule has 2 N–H and O–H groups in total. The van der Waals surface area contributed by atoms with E-state index in [-0.39, 0.29) is 24.2 Å². The van der Waals surface area contributed by atoms with Crippen LogP contribution in [-0.4, -0.2) is 59.6 Å². The normalized spacial score (nSPS) is 19.6. The van der Waals surface area contributed by atoms with Gasteiger partial charge in [0.05, 0.1) is 6.54 Å².